The van der Waals surface area contributed by atoms with Crippen LogP contribution >= 0.6 is 0 Å². The van der Waals surface area contributed by atoms with E-state index in [9.17, 15) is 26.4 Å². The zero-order valence-electron chi connectivity index (χ0n) is 14.2. The largest absolute Gasteiger partial charge is 0.395 e. The molecule has 0 spiro atoms. The number of nitrogens with one attached hydrogen (secondary N) is 1. The van der Waals surface area contributed by atoms with E-state index < -0.39 is 39.8 Å². The molecule has 2 aromatic carbocycles. The van der Waals surface area contributed by atoms with Crippen LogP contribution in [0.25, 0.3) is 0 Å². The molecule has 0 radical (unpaired) electrons. The molecule has 0 aliphatic carbocycles. The summed E-state index contributed by atoms with van der Waals surface area (Å²) in [5.41, 5.74) is -0.774. The molecular formula is C17H17F3N2O4S. The minimum absolute atomic E-state index is 0.0556. The van der Waals surface area contributed by atoms with Crippen molar-refractivity contribution in [2.24, 2.45) is 0 Å². The third-order valence-electron chi connectivity index (χ3n) is 3.72. The molecule has 0 bridgehead atoms. The monoisotopic (exact) mass is 402 g/mol. The van der Waals surface area contributed by atoms with Crippen molar-refractivity contribution in [3.63, 3.8) is 0 Å². The highest BCUT2D eigenvalue weighted by atomic mass is 32.2. The van der Waals surface area contributed by atoms with E-state index in [1.54, 1.807) is 0 Å². The number of rotatable bonds is 7. The van der Waals surface area contributed by atoms with Gasteiger partial charge >= 0.3 is 0 Å². The third kappa shape index (κ3) is 4.65. The summed E-state index contributed by atoms with van der Waals surface area (Å²) >= 11 is 0. The topological polar surface area (TPSA) is 86.7 Å². The number of aliphatic hydroxyl groups is 1. The fourth-order valence-corrected chi connectivity index (χ4v) is 3.47. The van der Waals surface area contributed by atoms with Crippen LogP contribution in [0.5, 0.6) is 0 Å². The van der Waals surface area contributed by atoms with E-state index in [0.717, 1.165) is 16.4 Å². The fraction of sp³-hybridized carbons (Fsp3) is 0.235. The molecule has 0 atom stereocenters. The Kier molecular flexibility index (Phi) is 6.58. The molecule has 146 valence electrons. The van der Waals surface area contributed by atoms with Crippen molar-refractivity contribution in [1.29, 1.82) is 0 Å². The molecular weight excluding hydrogens is 385 g/mol. The number of alkyl halides is 1. The highest BCUT2D eigenvalue weighted by molar-refractivity contribution is 7.89. The van der Waals surface area contributed by atoms with E-state index in [-0.39, 0.29) is 29.3 Å². The average molecular weight is 402 g/mol. The Bertz CT molecular complexity index is 951. The lowest BCUT2D eigenvalue weighted by atomic mass is 10.1. The van der Waals surface area contributed by atoms with E-state index in [0.29, 0.717) is 6.07 Å². The second kappa shape index (κ2) is 8.51. The van der Waals surface area contributed by atoms with Crippen LogP contribution in [0.2, 0.25) is 0 Å². The van der Waals surface area contributed by atoms with Crippen LogP contribution in [-0.2, 0) is 16.7 Å². The van der Waals surface area contributed by atoms with Gasteiger partial charge in [-0.3, -0.25) is 4.79 Å². The first-order valence-corrected chi connectivity index (χ1v) is 9.17. The molecule has 0 aromatic heterocycles. The summed E-state index contributed by atoms with van der Waals surface area (Å²) in [6.07, 6.45) is 0. The van der Waals surface area contributed by atoms with Gasteiger partial charge in [0.2, 0.25) is 10.0 Å². The maximum Gasteiger partial charge on any atom is 0.255 e. The summed E-state index contributed by atoms with van der Waals surface area (Å²) in [5.74, 6) is -3.44. The van der Waals surface area contributed by atoms with Gasteiger partial charge in [-0.05, 0) is 24.3 Å². The first-order chi connectivity index (χ1) is 12.7. The van der Waals surface area contributed by atoms with Crippen molar-refractivity contribution in [1.82, 2.24) is 4.31 Å². The predicted molar refractivity (Wildman–Crippen MR) is 92.5 cm³/mol. The average Bonchev–Trinajstić information content (AvgIpc) is 2.64. The molecule has 6 nitrogen and oxygen atoms in total. The van der Waals surface area contributed by atoms with Crippen LogP contribution < -0.4 is 5.32 Å². The van der Waals surface area contributed by atoms with Gasteiger partial charge in [0, 0.05) is 36.5 Å². The minimum Gasteiger partial charge on any atom is -0.395 e. The van der Waals surface area contributed by atoms with Crippen LogP contribution in [0.4, 0.5) is 18.9 Å². The number of likely N-dealkylation sites (N-methyl/N-ethyl adjacent to an activating group) is 1. The van der Waals surface area contributed by atoms with Crippen molar-refractivity contribution >= 4 is 21.6 Å². The summed E-state index contributed by atoms with van der Waals surface area (Å²) < 4.78 is 65.2. The predicted octanol–water partition coefficient (Wildman–Crippen LogP) is 2.30. The Labute approximate surface area is 154 Å². The van der Waals surface area contributed by atoms with Crippen molar-refractivity contribution in [2.75, 3.05) is 25.5 Å². The second-order valence-electron chi connectivity index (χ2n) is 5.60. The quantitative estimate of drug-likeness (QED) is 0.744. The van der Waals surface area contributed by atoms with Gasteiger partial charge in [-0.25, -0.2) is 21.6 Å². The number of hydrogen-bond acceptors (Lipinski definition) is 4. The van der Waals surface area contributed by atoms with Crippen LogP contribution in [-0.4, -0.2) is 43.9 Å². The van der Waals surface area contributed by atoms with Crippen LogP contribution in [0, 0.1) is 11.6 Å². The van der Waals surface area contributed by atoms with Gasteiger partial charge in [0.25, 0.3) is 5.91 Å². The first kappa shape index (κ1) is 20.9. The minimum atomic E-state index is -3.92. The number of nitrogens with zero attached hydrogens (tertiary/aromatic N) is 1. The van der Waals surface area contributed by atoms with Crippen LogP contribution in [0.1, 0.15) is 15.9 Å². The Morgan fingerprint density at radius 2 is 1.93 bits per heavy atom. The molecule has 2 aromatic rings. The molecule has 10 heteroatoms. The molecule has 0 saturated heterocycles. The standard InChI is InChI=1S/C17H17F3N2O4S/c1-22(5-6-23)27(25,26)14-4-2-3-11(8-14)17(24)21-13-7-12(10-18)16(20)15(19)9-13/h2-4,7-9,23H,5-6,10H2,1H3,(H,21,24). The van der Waals surface area contributed by atoms with Gasteiger partial charge in [0.15, 0.2) is 11.6 Å². The first-order valence-electron chi connectivity index (χ1n) is 7.73. The number of amides is 1. The van der Waals surface area contributed by atoms with Crippen LogP contribution in [0.3, 0.4) is 0 Å². The second-order valence-corrected chi connectivity index (χ2v) is 7.64. The highest BCUT2D eigenvalue weighted by Crippen LogP contribution is 2.21. The van der Waals surface area contributed by atoms with Gasteiger partial charge < -0.3 is 10.4 Å². The highest BCUT2D eigenvalue weighted by Gasteiger charge is 2.21. The lowest BCUT2D eigenvalue weighted by molar-refractivity contribution is 0.102. The number of sulfonamides is 1. The zero-order valence-corrected chi connectivity index (χ0v) is 15.1. The van der Waals surface area contributed by atoms with Gasteiger partial charge in [0.1, 0.15) is 6.67 Å². The molecule has 0 aliphatic heterocycles. The van der Waals surface area contributed by atoms with E-state index in [1.165, 1.54) is 25.2 Å². The summed E-state index contributed by atoms with van der Waals surface area (Å²) in [6.45, 7) is -1.75. The fourth-order valence-electron chi connectivity index (χ4n) is 2.26. The van der Waals surface area contributed by atoms with Gasteiger partial charge in [-0.1, -0.05) is 6.07 Å². The number of aliphatic hydroxyl groups excluding tert-OH is 1. The number of anilines is 1. The molecule has 0 aliphatic rings. The van der Waals surface area contributed by atoms with Gasteiger partial charge in [0.05, 0.1) is 11.5 Å². The summed E-state index contributed by atoms with van der Waals surface area (Å²) in [6, 6.07) is 6.70. The Morgan fingerprint density at radius 3 is 2.56 bits per heavy atom. The number of halogens is 3. The summed E-state index contributed by atoms with van der Waals surface area (Å²) in [7, 11) is -2.64. The van der Waals surface area contributed by atoms with E-state index >= 15 is 0 Å². The molecule has 0 unspecified atom stereocenters. The molecule has 2 rings (SSSR count). The molecule has 1 amide bonds. The molecule has 2 N–H and O–H groups in total. The van der Waals surface area contributed by atoms with Gasteiger partial charge in [-0.2, -0.15) is 4.31 Å². The number of carbonyl (C=O) groups is 1. The van der Waals surface area contributed by atoms with E-state index in [1.807, 2.05) is 0 Å². The smallest absolute Gasteiger partial charge is 0.255 e. The third-order valence-corrected chi connectivity index (χ3v) is 5.58. The number of hydrogen-bond donors (Lipinski definition) is 2. The van der Waals surface area contributed by atoms with Crippen molar-refractivity contribution in [2.45, 2.75) is 11.6 Å². The molecule has 27 heavy (non-hydrogen) atoms. The Hall–Kier alpha value is -2.43. The maximum atomic E-state index is 13.5. The van der Waals surface area contributed by atoms with Crippen molar-refractivity contribution in [3.8, 4) is 0 Å². The Balaban J connectivity index is 2.30. The van der Waals surface area contributed by atoms with E-state index in [4.69, 9.17) is 5.11 Å². The maximum absolute atomic E-state index is 13.5. The Morgan fingerprint density at radius 1 is 1.22 bits per heavy atom. The molecule has 0 saturated carbocycles. The van der Waals surface area contributed by atoms with Crippen LogP contribution in [0.15, 0.2) is 41.3 Å². The lowest BCUT2D eigenvalue weighted by Crippen LogP contribution is -2.29. The zero-order chi connectivity index (χ0) is 20.2. The molecule has 0 heterocycles. The number of benzene rings is 2. The molecule has 0 fully saturated rings. The number of carbonyl (C=O) groups excluding carboxylic acids is 1. The van der Waals surface area contributed by atoms with E-state index in [2.05, 4.69) is 5.32 Å². The summed E-state index contributed by atoms with van der Waals surface area (Å²) in [5, 5.41) is 11.2. The normalized spacial score (nSPS) is 11.6. The van der Waals surface area contributed by atoms with Gasteiger partial charge in [-0.15, -0.1) is 0 Å². The lowest BCUT2D eigenvalue weighted by Gasteiger charge is -2.16. The SMILES string of the molecule is CN(CCO)S(=O)(=O)c1cccc(C(=O)Nc2cc(F)c(F)c(CF)c2)c1. The summed E-state index contributed by atoms with van der Waals surface area (Å²) in [4.78, 5) is 12.1. The van der Waals surface area contributed by atoms with Crippen molar-refractivity contribution < 1.29 is 31.5 Å². The van der Waals surface area contributed by atoms with Crippen molar-refractivity contribution in [3.05, 3.63) is 59.2 Å².